The van der Waals surface area contributed by atoms with Crippen LogP contribution >= 0.6 is 0 Å². The molecule has 4 heteroatoms. The number of benzene rings is 2. The molecule has 3 rings (SSSR count). The van der Waals surface area contributed by atoms with E-state index in [9.17, 15) is 10.0 Å². The summed E-state index contributed by atoms with van der Waals surface area (Å²) in [4.78, 5) is 2.39. The van der Waals surface area contributed by atoms with Gasteiger partial charge in [-0.15, -0.1) is 0 Å². The molecule has 0 spiro atoms. The molecule has 21 heavy (non-hydrogen) atoms. The molecule has 0 saturated carbocycles. The molecule has 2 aromatic carbocycles. The number of hydrogen-bond donors (Lipinski definition) is 2. The van der Waals surface area contributed by atoms with Gasteiger partial charge in [0, 0.05) is 19.6 Å². The summed E-state index contributed by atoms with van der Waals surface area (Å²) in [6.07, 6.45) is 2.11. The number of rotatable bonds is 3. The fourth-order valence-corrected chi connectivity index (χ4v) is 3.04. The van der Waals surface area contributed by atoms with Gasteiger partial charge in [-0.3, -0.25) is 4.90 Å². The standard InChI is InChI=1S/C17H20BNO2/c20-18(21)17-8-4-3-7-16(17)13-19-11-9-14-5-1-2-6-15(14)10-12-19/h1-8,20-21H,9-13H2. The molecule has 3 nitrogen and oxygen atoms in total. The van der Waals surface area contributed by atoms with Crippen LogP contribution in [-0.4, -0.2) is 35.2 Å². The summed E-state index contributed by atoms with van der Waals surface area (Å²) in [7, 11) is -1.40. The number of hydrogen-bond acceptors (Lipinski definition) is 3. The van der Waals surface area contributed by atoms with Crippen molar-refractivity contribution in [2.24, 2.45) is 0 Å². The average molecular weight is 281 g/mol. The SMILES string of the molecule is OB(O)c1ccccc1CN1CCc2ccccc2CC1. The van der Waals surface area contributed by atoms with Crippen LogP contribution in [0.2, 0.25) is 0 Å². The van der Waals surface area contributed by atoms with Crippen LogP contribution in [0.1, 0.15) is 16.7 Å². The summed E-state index contributed by atoms with van der Waals surface area (Å²) in [6.45, 7) is 2.78. The Morgan fingerprint density at radius 2 is 1.43 bits per heavy atom. The molecule has 0 saturated heterocycles. The van der Waals surface area contributed by atoms with E-state index < -0.39 is 7.12 Å². The van der Waals surface area contributed by atoms with Crippen molar-refractivity contribution >= 4 is 12.6 Å². The molecule has 0 bridgehead atoms. The molecule has 0 atom stereocenters. The average Bonchev–Trinajstić information content (AvgIpc) is 2.71. The minimum atomic E-state index is -1.40. The molecule has 0 unspecified atom stereocenters. The first-order chi connectivity index (χ1) is 10.2. The summed E-state index contributed by atoms with van der Waals surface area (Å²) < 4.78 is 0. The summed E-state index contributed by atoms with van der Waals surface area (Å²) in [6, 6.07) is 16.2. The predicted octanol–water partition coefficient (Wildman–Crippen LogP) is 0.967. The van der Waals surface area contributed by atoms with E-state index >= 15 is 0 Å². The first-order valence-corrected chi connectivity index (χ1v) is 7.47. The van der Waals surface area contributed by atoms with E-state index in [1.165, 1.54) is 11.1 Å². The Labute approximate surface area is 126 Å². The van der Waals surface area contributed by atoms with Crippen molar-refractivity contribution in [2.45, 2.75) is 19.4 Å². The van der Waals surface area contributed by atoms with E-state index in [-0.39, 0.29) is 0 Å². The van der Waals surface area contributed by atoms with Crippen LogP contribution in [0.4, 0.5) is 0 Å². The second kappa shape index (κ2) is 6.44. The molecule has 0 aliphatic carbocycles. The summed E-state index contributed by atoms with van der Waals surface area (Å²) >= 11 is 0. The lowest BCUT2D eigenvalue weighted by molar-refractivity contribution is 0.279. The van der Waals surface area contributed by atoms with Gasteiger partial charge in [0.05, 0.1) is 0 Å². The quantitative estimate of drug-likeness (QED) is 0.824. The first kappa shape index (κ1) is 14.3. The molecule has 1 aliphatic rings. The Kier molecular flexibility index (Phi) is 4.39. The van der Waals surface area contributed by atoms with E-state index in [0.717, 1.165) is 38.0 Å². The van der Waals surface area contributed by atoms with Crippen molar-refractivity contribution in [3.05, 3.63) is 65.2 Å². The zero-order valence-corrected chi connectivity index (χ0v) is 12.1. The van der Waals surface area contributed by atoms with Crippen LogP contribution in [0.25, 0.3) is 0 Å². The maximum Gasteiger partial charge on any atom is 0.488 e. The van der Waals surface area contributed by atoms with Crippen molar-refractivity contribution in [3.63, 3.8) is 0 Å². The summed E-state index contributed by atoms with van der Waals surface area (Å²) in [5.41, 5.74) is 4.49. The van der Waals surface area contributed by atoms with Gasteiger partial charge in [0.2, 0.25) is 0 Å². The zero-order valence-electron chi connectivity index (χ0n) is 12.1. The molecule has 0 fully saturated rings. The third kappa shape index (κ3) is 3.35. The van der Waals surface area contributed by atoms with E-state index in [1.807, 2.05) is 18.2 Å². The highest BCUT2D eigenvalue weighted by Gasteiger charge is 2.18. The highest BCUT2D eigenvalue weighted by molar-refractivity contribution is 6.59. The van der Waals surface area contributed by atoms with Gasteiger partial charge >= 0.3 is 7.12 Å². The van der Waals surface area contributed by atoms with Crippen LogP contribution in [0.15, 0.2) is 48.5 Å². The lowest BCUT2D eigenvalue weighted by Gasteiger charge is -2.21. The molecule has 1 aliphatic heterocycles. The van der Waals surface area contributed by atoms with Gasteiger partial charge < -0.3 is 10.0 Å². The lowest BCUT2D eigenvalue weighted by Crippen LogP contribution is -2.36. The van der Waals surface area contributed by atoms with Crippen LogP contribution < -0.4 is 5.46 Å². The minimum Gasteiger partial charge on any atom is -0.423 e. The highest BCUT2D eigenvalue weighted by atomic mass is 16.4. The van der Waals surface area contributed by atoms with Gasteiger partial charge in [0.25, 0.3) is 0 Å². The Morgan fingerprint density at radius 3 is 2.05 bits per heavy atom. The second-order valence-electron chi connectivity index (χ2n) is 5.62. The Bertz CT molecular complexity index is 588. The molecule has 2 N–H and O–H groups in total. The molecule has 0 amide bonds. The summed E-state index contributed by atoms with van der Waals surface area (Å²) in [5.74, 6) is 0. The van der Waals surface area contributed by atoms with Crippen molar-refractivity contribution < 1.29 is 10.0 Å². The van der Waals surface area contributed by atoms with E-state index in [2.05, 4.69) is 29.2 Å². The normalized spacial score (nSPS) is 15.3. The zero-order chi connectivity index (χ0) is 14.7. The van der Waals surface area contributed by atoms with Gasteiger partial charge in [0.1, 0.15) is 0 Å². The van der Waals surface area contributed by atoms with Crippen molar-refractivity contribution in [3.8, 4) is 0 Å². The smallest absolute Gasteiger partial charge is 0.423 e. The molecular weight excluding hydrogens is 261 g/mol. The van der Waals surface area contributed by atoms with E-state index in [4.69, 9.17) is 0 Å². The molecule has 108 valence electrons. The third-order valence-corrected chi connectivity index (χ3v) is 4.24. The molecular formula is C17H20BNO2. The van der Waals surface area contributed by atoms with Crippen molar-refractivity contribution in [2.75, 3.05) is 13.1 Å². The van der Waals surface area contributed by atoms with Crippen LogP contribution in [0.5, 0.6) is 0 Å². The number of nitrogens with zero attached hydrogens (tertiary/aromatic N) is 1. The highest BCUT2D eigenvalue weighted by Crippen LogP contribution is 2.16. The topological polar surface area (TPSA) is 43.7 Å². The van der Waals surface area contributed by atoms with Crippen molar-refractivity contribution in [1.29, 1.82) is 0 Å². The lowest BCUT2D eigenvalue weighted by atomic mass is 9.77. The van der Waals surface area contributed by atoms with E-state index in [1.54, 1.807) is 6.07 Å². The van der Waals surface area contributed by atoms with Gasteiger partial charge in [0.15, 0.2) is 0 Å². The molecule has 0 radical (unpaired) electrons. The Hall–Kier alpha value is -1.62. The minimum absolute atomic E-state index is 0.610. The fraction of sp³-hybridized carbons (Fsp3) is 0.294. The molecule has 0 aromatic heterocycles. The largest absolute Gasteiger partial charge is 0.488 e. The summed E-state index contributed by atoms with van der Waals surface area (Å²) in [5, 5.41) is 18.9. The Balaban J connectivity index is 1.73. The van der Waals surface area contributed by atoms with Crippen LogP contribution in [-0.2, 0) is 19.4 Å². The van der Waals surface area contributed by atoms with E-state index in [0.29, 0.717) is 5.46 Å². The van der Waals surface area contributed by atoms with Crippen LogP contribution in [0.3, 0.4) is 0 Å². The molecule has 2 aromatic rings. The second-order valence-corrected chi connectivity index (χ2v) is 5.62. The number of fused-ring (bicyclic) bond motifs is 1. The van der Waals surface area contributed by atoms with Crippen LogP contribution in [0, 0.1) is 0 Å². The van der Waals surface area contributed by atoms with Crippen molar-refractivity contribution in [1.82, 2.24) is 4.90 Å². The maximum absolute atomic E-state index is 9.47. The maximum atomic E-state index is 9.47. The monoisotopic (exact) mass is 281 g/mol. The van der Waals surface area contributed by atoms with Gasteiger partial charge in [-0.2, -0.15) is 0 Å². The third-order valence-electron chi connectivity index (χ3n) is 4.24. The van der Waals surface area contributed by atoms with Gasteiger partial charge in [-0.25, -0.2) is 0 Å². The fourth-order valence-electron chi connectivity index (χ4n) is 3.04. The Morgan fingerprint density at radius 1 is 0.857 bits per heavy atom. The first-order valence-electron chi connectivity index (χ1n) is 7.47. The van der Waals surface area contributed by atoms with Gasteiger partial charge in [-0.05, 0) is 35.0 Å². The van der Waals surface area contributed by atoms with Gasteiger partial charge in [-0.1, -0.05) is 48.5 Å². The molecule has 1 heterocycles. The predicted molar refractivity (Wildman–Crippen MR) is 85.4 cm³/mol.